The molecule has 0 bridgehead atoms. The Kier molecular flexibility index (Phi) is 6.31. The van der Waals surface area contributed by atoms with E-state index in [1.54, 1.807) is 5.57 Å². The van der Waals surface area contributed by atoms with Crippen molar-refractivity contribution in [3.63, 3.8) is 0 Å². The summed E-state index contributed by atoms with van der Waals surface area (Å²) in [7, 11) is 0. The van der Waals surface area contributed by atoms with Crippen LogP contribution in [0.3, 0.4) is 0 Å². The predicted molar refractivity (Wildman–Crippen MR) is 71.0 cm³/mol. The van der Waals surface area contributed by atoms with Crippen LogP contribution in [-0.4, -0.2) is 11.1 Å². The van der Waals surface area contributed by atoms with E-state index in [0.29, 0.717) is 0 Å². The fourth-order valence-electron chi connectivity index (χ4n) is 2.88. The Balaban J connectivity index is 2.38. The molecule has 0 amide bonds. The molecule has 0 heterocycles. The van der Waals surface area contributed by atoms with Crippen LogP contribution in [0.2, 0.25) is 0 Å². The highest BCUT2D eigenvalue weighted by atomic mass is 16.4. The van der Waals surface area contributed by atoms with E-state index >= 15 is 0 Å². The van der Waals surface area contributed by atoms with Crippen LogP contribution in [0.25, 0.3) is 0 Å². The molecule has 0 aliphatic heterocycles. The quantitative estimate of drug-likeness (QED) is 0.696. The summed E-state index contributed by atoms with van der Waals surface area (Å²) < 4.78 is 0. The lowest BCUT2D eigenvalue weighted by atomic mass is 9.78. The first kappa shape index (κ1) is 14.3. The summed E-state index contributed by atoms with van der Waals surface area (Å²) in [6, 6.07) is 0. The summed E-state index contributed by atoms with van der Waals surface area (Å²) in [6.45, 7) is 4.42. The van der Waals surface area contributed by atoms with Gasteiger partial charge in [0.15, 0.2) is 0 Å². The topological polar surface area (TPSA) is 37.3 Å². The van der Waals surface area contributed by atoms with Gasteiger partial charge >= 0.3 is 5.97 Å². The summed E-state index contributed by atoms with van der Waals surface area (Å²) in [4.78, 5) is 10.9. The van der Waals surface area contributed by atoms with Crippen LogP contribution in [0, 0.1) is 11.8 Å². The normalized spacial score (nSPS) is 25.9. The Morgan fingerprint density at radius 1 is 1.24 bits per heavy atom. The second kappa shape index (κ2) is 7.52. The summed E-state index contributed by atoms with van der Waals surface area (Å²) in [5, 5.41) is 8.96. The zero-order chi connectivity index (χ0) is 12.7. The van der Waals surface area contributed by atoms with Crippen molar-refractivity contribution in [3.8, 4) is 0 Å². The van der Waals surface area contributed by atoms with Crippen molar-refractivity contribution in [3.05, 3.63) is 11.6 Å². The van der Waals surface area contributed by atoms with Gasteiger partial charge in [0, 0.05) is 0 Å². The van der Waals surface area contributed by atoms with Crippen molar-refractivity contribution in [2.75, 3.05) is 0 Å². The number of allylic oxidation sites excluding steroid dienone is 2. The van der Waals surface area contributed by atoms with Gasteiger partial charge in [-0.05, 0) is 50.9 Å². The average Bonchev–Trinajstić information content (AvgIpc) is 2.30. The Morgan fingerprint density at radius 2 is 1.88 bits per heavy atom. The van der Waals surface area contributed by atoms with E-state index in [2.05, 4.69) is 19.9 Å². The third kappa shape index (κ3) is 4.93. The van der Waals surface area contributed by atoms with Crippen LogP contribution in [0.5, 0.6) is 0 Å². The van der Waals surface area contributed by atoms with Crippen LogP contribution >= 0.6 is 0 Å². The molecule has 1 fully saturated rings. The maximum absolute atomic E-state index is 10.9. The number of hydrogen-bond acceptors (Lipinski definition) is 1. The largest absolute Gasteiger partial charge is 0.481 e. The molecule has 1 aliphatic carbocycles. The lowest BCUT2D eigenvalue weighted by Crippen LogP contribution is -2.21. The van der Waals surface area contributed by atoms with E-state index in [1.807, 2.05) is 0 Å². The highest BCUT2D eigenvalue weighted by Gasteiger charge is 2.25. The SMILES string of the molecule is CC/C=C(\CCC)CC1CCC(C(=O)O)CC1. The van der Waals surface area contributed by atoms with E-state index < -0.39 is 5.97 Å². The van der Waals surface area contributed by atoms with Crippen LogP contribution in [0.1, 0.15) is 65.2 Å². The van der Waals surface area contributed by atoms with Gasteiger partial charge in [-0.2, -0.15) is 0 Å². The standard InChI is InChI=1S/C15H26O2/c1-3-5-12(6-4-2)11-13-7-9-14(10-8-13)15(16)17/h5,13-14H,3-4,6-11H2,1-2H3,(H,16,17)/b12-5+. The monoisotopic (exact) mass is 238 g/mol. The molecular weight excluding hydrogens is 212 g/mol. The highest BCUT2D eigenvalue weighted by Crippen LogP contribution is 2.33. The van der Waals surface area contributed by atoms with Crippen molar-refractivity contribution in [1.29, 1.82) is 0 Å². The van der Waals surface area contributed by atoms with E-state index in [9.17, 15) is 4.79 Å². The van der Waals surface area contributed by atoms with E-state index in [-0.39, 0.29) is 5.92 Å². The Morgan fingerprint density at radius 3 is 2.35 bits per heavy atom. The summed E-state index contributed by atoms with van der Waals surface area (Å²) in [6.07, 6.45) is 11.1. The molecule has 0 radical (unpaired) electrons. The first-order chi connectivity index (χ1) is 8.17. The molecule has 0 atom stereocenters. The second-order valence-electron chi connectivity index (χ2n) is 5.28. The maximum Gasteiger partial charge on any atom is 0.306 e. The van der Waals surface area contributed by atoms with Crippen LogP contribution < -0.4 is 0 Å². The molecule has 1 rings (SSSR count). The summed E-state index contributed by atoms with van der Waals surface area (Å²) in [5.74, 6) is 0.0623. The van der Waals surface area contributed by atoms with Gasteiger partial charge in [0.1, 0.15) is 0 Å². The lowest BCUT2D eigenvalue weighted by Gasteiger charge is -2.26. The number of rotatable bonds is 6. The van der Waals surface area contributed by atoms with E-state index in [0.717, 1.165) is 38.0 Å². The highest BCUT2D eigenvalue weighted by molar-refractivity contribution is 5.69. The molecule has 98 valence electrons. The molecule has 17 heavy (non-hydrogen) atoms. The average molecular weight is 238 g/mol. The van der Waals surface area contributed by atoms with Crippen molar-refractivity contribution in [1.82, 2.24) is 0 Å². The fraction of sp³-hybridized carbons (Fsp3) is 0.800. The van der Waals surface area contributed by atoms with Gasteiger partial charge in [-0.25, -0.2) is 0 Å². The van der Waals surface area contributed by atoms with Gasteiger partial charge in [0.25, 0.3) is 0 Å². The van der Waals surface area contributed by atoms with Gasteiger partial charge in [0.2, 0.25) is 0 Å². The molecular formula is C15H26O2. The molecule has 0 aromatic carbocycles. The minimum atomic E-state index is -0.596. The van der Waals surface area contributed by atoms with Gasteiger partial charge < -0.3 is 5.11 Å². The molecule has 1 saturated carbocycles. The zero-order valence-corrected chi connectivity index (χ0v) is 11.2. The first-order valence-corrected chi connectivity index (χ1v) is 7.08. The molecule has 1 N–H and O–H groups in total. The Hall–Kier alpha value is -0.790. The fourth-order valence-corrected chi connectivity index (χ4v) is 2.88. The Labute approximate surface area is 105 Å². The third-order valence-electron chi connectivity index (χ3n) is 3.81. The number of hydrogen-bond donors (Lipinski definition) is 1. The van der Waals surface area contributed by atoms with Crippen molar-refractivity contribution < 1.29 is 9.90 Å². The molecule has 2 heteroatoms. The van der Waals surface area contributed by atoms with Crippen LogP contribution in [0.15, 0.2) is 11.6 Å². The first-order valence-electron chi connectivity index (χ1n) is 7.08. The number of aliphatic carboxylic acids is 1. The molecule has 0 saturated heterocycles. The smallest absolute Gasteiger partial charge is 0.306 e. The number of carboxylic acids is 1. The molecule has 0 unspecified atom stereocenters. The minimum Gasteiger partial charge on any atom is -0.481 e. The maximum atomic E-state index is 10.9. The van der Waals surface area contributed by atoms with Gasteiger partial charge in [-0.15, -0.1) is 0 Å². The molecule has 0 aromatic rings. The van der Waals surface area contributed by atoms with Crippen LogP contribution in [-0.2, 0) is 4.79 Å². The summed E-state index contributed by atoms with van der Waals surface area (Å²) >= 11 is 0. The number of carboxylic acid groups (broad SMARTS) is 1. The van der Waals surface area contributed by atoms with Gasteiger partial charge in [-0.3, -0.25) is 4.79 Å². The Bertz CT molecular complexity index is 260. The zero-order valence-electron chi connectivity index (χ0n) is 11.2. The van der Waals surface area contributed by atoms with Crippen LogP contribution in [0.4, 0.5) is 0 Å². The summed E-state index contributed by atoms with van der Waals surface area (Å²) in [5.41, 5.74) is 1.59. The second-order valence-corrected chi connectivity index (χ2v) is 5.28. The molecule has 0 aromatic heterocycles. The van der Waals surface area contributed by atoms with Gasteiger partial charge in [0.05, 0.1) is 5.92 Å². The van der Waals surface area contributed by atoms with Crippen molar-refractivity contribution in [2.24, 2.45) is 11.8 Å². The minimum absolute atomic E-state index is 0.0731. The van der Waals surface area contributed by atoms with Gasteiger partial charge in [-0.1, -0.05) is 31.9 Å². The molecule has 1 aliphatic rings. The molecule has 2 nitrogen and oxygen atoms in total. The third-order valence-corrected chi connectivity index (χ3v) is 3.81. The van der Waals surface area contributed by atoms with E-state index in [4.69, 9.17) is 5.11 Å². The van der Waals surface area contributed by atoms with Crippen molar-refractivity contribution in [2.45, 2.75) is 65.2 Å². The predicted octanol–water partition coefficient (Wildman–Crippen LogP) is 4.40. The van der Waals surface area contributed by atoms with Crippen molar-refractivity contribution >= 4 is 5.97 Å². The lowest BCUT2D eigenvalue weighted by molar-refractivity contribution is -0.143. The molecule has 0 spiro atoms. The number of carbonyl (C=O) groups is 1. The van der Waals surface area contributed by atoms with E-state index in [1.165, 1.54) is 19.3 Å².